The van der Waals surface area contributed by atoms with Gasteiger partial charge in [0, 0.05) is 25.6 Å². The highest BCUT2D eigenvalue weighted by Crippen LogP contribution is 2.24. The number of piperazine rings is 1. The maximum atomic E-state index is 12.6. The van der Waals surface area contributed by atoms with E-state index in [1.54, 1.807) is 4.90 Å². The lowest BCUT2D eigenvalue weighted by molar-refractivity contribution is -0.143. The highest BCUT2D eigenvalue weighted by Gasteiger charge is 2.35. The second-order valence-electron chi connectivity index (χ2n) is 5.69. The Hall–Kier alpha value is -1.59. The van der Waals surface area contributed by atoms with Crippen LogP contribution in [-0.2, 0) is 9.59 Å². The highest BCUT2D eigenvalue weighted by atomic mass is 35.5. The number of nitrogens with zero attached hydrogens (tertiary/aromatic N) is 1. The molecule has 2 aliphatic rings. The molecule has 0 radical (unpaired) electrons. The Labute approximate surface area is 136 Å². The maximum Gasteiger partial charge on any atom is 0.247 e. The van der Waals surface area contributed by atoms with Crippen molar-refractivity contribution in [3.8, 4) is 0 Å². The van der Waals surface area contributed by atoms with E-state index in [-0.39, 0.29) is 30.3 Å². The summed E-state index contributed by atoms with van der Waals surface area (Å²) in [5.74, 6) is -0.0155. The van der Waals surface area contributed by atoms with E-state index in [1.807, 2.05) is 30.3 Å². The number of rotatable bonds is 3. The topological polar surface area (TPSA) is 61.4 Å². The van der Waals surface area contributed by atoms with Crippen LogP contribution in [0.4, 0.5) is 0 Å². The lowest BCUT2D eigenvalue weighted by Gasteiger charge is -2.36. The molecule has 3 rings (SSSR count). The molecule has 0 spiro atoms. The first kappa shape index (κ1) is 16.8. The molecule has 0 bridgehead atoms. The molecule has 0 aromatic heterocycles. The van der Waals surface area contributed by atoms with Crippen molar-refractivity contribution in [1.82, 2.24) is 15.5 Å². The van der Waals surface area contributed by atoms with Gasteiger partial charge in [0.05, 0.1) is 0 Å². The van der Waals surface area contributed by atoms with Crippen molar-refractivity contribution in [1.29, 1.82) is 0 Å². The van der Waals surface area contributed by atoms with Gasteiger partial charge in [0.25, 0.3) is 0 Å². The molecule has 2 saturated heterocycles. The molecular formula is C16H22ClN3O2. The zero-order chi connectivity index (χ0) is 14.7. The zero-order valence-electron chi connectivity index (χ0n) is 12.5. The van der Waals surface area contributed by atoms with Gasteiger partial charge >= 0.3 is 0 Å². The predicted octanol–water partition coefficient (Wildman–Crippen LogP) is 1.25. The summed E-state index contributed by atoms with van der Waals surface area (Å²) in [7, 11) is 0. The third-order valence-electron chi connectivity index (χ3n) is 4.23. The van der Waals surface area contributed by atoms with Crippen molar-refractivity contribution in [3.63, 3.8) is 0 Å². The van der Waals surface area contributed by atoms with Gasteiger partial charge in [0.15, 0.2) is 0 Å². The molecule has 6 heteroatoms. The van der Waals surface area contributed by atoms with Gasteiger partial charge < -0.3 is 15.5 Å². The highest BCUT2D eigenvalue weighted by molar-refractivity contribution is 5.90. The van der Waals surface area contributed by atoms with Gasteiger partial charge in [0.1, 0.15) is 6.04 Å². The van der Waals surface area contributed by atoms with Gasteiger partial charge in [-0.1, -0.05) is 30.3 Å². The number of carbonyl (C=O) groups excluding carboxylic acids is 2. The molecule has 2 aliphatic heterocycles. The SMILES string of the molecule is Cl.O=C1NCCN(C(=O)CC2CCCN2)C1c1ccccc1. The molecule has 1 aromatic rings. The summed E-state index contributed by atoms with van der Waals surface area (Å²) in [5.41, 5.74) is 0.877. The normalized spacial score (nSPS) is 24.5. The minimum Gasteiger partial charge on any atom is -0.352 e. The largest absolute Gasteiger partial charge is 0.352 e. The van der Waals surface area contributed by atoms with E-state index in [4.69, 9.17) is 0 Å². The molecule has 22 heavy (non-hydrogen) atoms. The number of halogens is 1. The molecule has 1 aromatic carbocycles. The van der Waals surface area contributed by atoms with Crippen molar-refractivity contribution in [2.45, 2.75) is 31.3 Å². The van der Waals surface area contributed by atoms with Crippen molar-refractivity contribution in [2.75, 3.05) is 19.6 Å². The second-order valence-corrected chi connectivity index (χ2v) is 5.69. The predicted molar refractivity (Wildman–Crippen MR) is 86.8 cm³/mol. The summed E-state index contributed by atoms with van der Waals surface area (Å²) in [6, 6.07) is 9.30. The maximum absolute atomic E-state index is 12.6. The Morgan fingerprint density at radius 1 is 1.23 bits per heavy atom. The van der Waals surface area contributed by atoms with E-state index in [0.29, 0.717) is 19.5 Å². The molecule has 2 unspecified atom stereocenters. The Bertz CT molecular complexity index is 517. The van der Waals surface area contributed by atoms with Crippen molar-refractivity contribution < 1.29 is 9.59 Å². The van der Waals surface area contributed by atoms with Crippen LogP contribution in [0.2, 0.25) is 0 Å². The van der Waals surface area contributed by atoms with Crippen LogP contribution in [0.25, 0.3) is 0 Å². The van der Waals surface area contributed by atoms with Crippen LogP contribution in [-0.4, -0.2) is 42.4 Å². The Morgan fingerprint density at radius 3 is 2.68 bits per heavy atom. The lowest BCUT2D eigenvalue weighted by atomic mass is 10.0. The lowest BCUT2D eigenvalue weighted by Crippen LogP contribution is -2.52. The average molecular weight is 324 g/mol. The number of carbonyl (C=O) groups is 2. The minimum absolute atomic E-state index is 0. The Morgan fingerprint density at radius 2 is 2.00 bits per heavy atom. The molecule has 5 nitrogen and oxygen atoms in total. The molecule has 2 N–H and O–H groups in total. The summed E-state index contributed by atoms with van der Waals surface area (Å²) in [4.78, 5) is 26.5. The molecule has 0 saturated carbocycles. The van der Waals surface area contributed by atoms with E-state index < -0.39 is 6.04 Å². The molecule has 2 amide bonds. The average Bonchev–Trinajstić information content (AvgIpc) is 3.00. The zero-order valence-corrected chi connectivity index (χ0v) is 13.3. The molecule has 2 atom stereocenters. The van der Waals surface area contributed by atoms with Crippen LogP contribution in [0.15, 0.2) is 30.3 Å². The fourth-order valence-electron chi connectivity index (χ4n) is 3.16. The van der Waals surface area contributed by atoms with Crippen LogP contribution in [0.1, 0.15) is 30.9 Å². The fraction of sp³-hybridized carbons (Fsp3) is 0.500. The quantitative estimate of drug-likeness (QED) is 0.880. The van der Waals surface area contributed by atoms with Crippen LogP contribution in [0, 0.1) is 0 Å². The molecular weight excluding hydrogens is 302 g/mol. The van der Waals surface area contributed by atoms with Gasteiger partial charge in [0.2, 0.25) is 11.8 Å². The third kappa shape index (κ3) is 3.59. The summed E-state index contributed by atoms with van der Waals surface area (Å²) < 4.78 is 0. The van der Waals surface area contributed by atoms with E-state index in [2.05, 4.69) is 10.6 Å². The summed E-state index contributed by atoms with van der Waals surface area (Å²) in [6.07, 6.45) is 2.65. The first-order valence-electron chi connectivity index (χ1n) is 7.61. The van der Waals surface area contributed by atoms with Crippen LogP contribution < -0.4 is 10.6 Å². The van der Waals surface area contributed by atoms with Crippen LogP contribution in [0.3, 0.4) is 0 Å². The third-order valence-corrected chi connectivity index (χ3v) is 4.23. The van der Waals surface area contributed by atoms with Crippen molar-refractivity contribution >= 4 is 24.2 Å². The summed E-state index contributed by atoms with van der Waals surface area (Å²) in [5, 5.41) is 6.20. The van der Waals surface area contributed by atoms with E-state index in [1.165, 1.54) is 0 Å². The van der Waals surface area contributed by atoms with Gasteiger partial charge in [-0.15, -0.1) is 12.4 Å². The first-order chi connectivity index (χ1) is 10.3. The first-order valence-corrected chi connectivity index (χ1v) is 7.61. The van der Waals surface area contributed by atoms with E-state index in [9.17, 15) is 9.59 Å². The Kier molecular flexibility index (Phi) is 5.80. The van der Waals surface area contributed by atoms with E-state index in [0.717, 1.165) is 24.9 Å². The van der Waals surface area contributed by atoms with Gasteiger partial charge in [-0.25, -0.2) is 0 Å². The molecule has 2 heterocycles. The van der Waals surface area contributed by atoms with Crippen LogP contribution >= 0.6 is 12.4 Å². The van der Waals surface area contributed by atoms with Crippen molar-refractivity contribution in [3.05, 3.63) is 35.9 Å². The van der Waals surface area contributed by atoms with Gasteiger partial charge in [-0.2, -0.15) is 0 Å². The summed E-state index contributed by atoms with van der Waals surface area (Å²) >= 11 is 0. The van der Waals surface area contributed by atoms with E-state index >= 15 is 0 Å². The minimum atomic E-state index is -0.492. The molecule has 0 aliphatic carbocycles. The number of amides is 2. The Balaban J connectivity index is 0.00000176. The van der Waals surface area contributed by atoms with Crippen LogP contribution in [0.5, 0.6) is 0 Å². The number of benzene rings is 1. The van der Waals surface area contributed by atoms with Gasteiger partial charge in [-0.05, 0) is 24.9 Å². The van der Waals surface area contributed by atoms with Gasteiger partial charge in [-0.3, -0.25) is 9.59 Å². The molecule has 120 valence electrons. The number of hydrogen-bond donors (Lipinski definition) is 2. The number of nitrogens with one attached hydrogen (secondary N) is 2. The smallest absolute Gasteiger partial charge is 0.247 e. The number of hydrogen-bond acceptors (Lipinski definition) is 3. The van der Waals surface area contributed by atoms with Crippen molar-refractivity contribution in [2.24, 2.45) is 0 Å². The standard InChI is InChI=1S/C16H21N3O2.ClH/c20-14(11-13-7-4-8-17-13)19-10-9-18-16(21)15(19)12-5-2-1-3-6-12;/h1-3,5-6,13,15,17H,4,7-11H2,(H,18,21);1H. The summed E-state index contributed by atoms with van der Waals surface area (Å²) in [6.45, 7) is 2.10. The monoisotopic (exact) mass is 323 g/mol. The fourth-order valence-corrected chi connectivity index (χ4v) is 3.16. The second kappa shape index (κ2) is 7.61. The molecule has 2 fully saturated rings.